The van der Waals surface area contributed by atoms with E-state index in [2.05, 4.69) is 223 Å². The second kappa shape index (κ2) is 13.9. The van der Waals surface area contributed by atoms with E-state index in [1.165, 1.54) is 44.2 Å². The van der Waals surface area contributed by atoms with Gasteiger partial charge in [0.1, 0.15) is 5.82 Å². The first kappa shape index (κ1) is 32.4. The van der Waals surface area contributed by atoms with Crippen LogP contribution in [0.5, 0.6) is 0 Å². The normalized spacial score (nSPS) is 11.3. The fourth-order valence-corrected chi connectivity index (χ4v) is 8.21. The van der Waals surface area contributed by atoms with Gasteiger partial charge in [0.2, 0.25) is 0 Å². The molecule has 2 heteroatoms. The molecule has 10 aromatic rings. The van der Waals surface area contributed by atoms with Crippen molar-refractivity contribution in [2.75, 3.05) is 0 Å². The summed E-state index contributed by atoms with van der Waals surface area (Å²) >= 11 is 0. The van der Waals surface area contributed by atoms with Crippen LogP contribution >= 0.6 is 0 Å². The molecule has 2 heterocycles. The minimum absolute atomic E-state index is 0.870. The lowest BCUT2D eigenvalue weighted by molar-refractivity contribution is 1.08. The Bertz CT molecular complexity index is 2860. The van der Waals surface area contributed by atoms with Crippen LogP contribution in [-0.4, -0.2) is 9.55 Å². The molecule has 55 heavy (non-hydrogen) atoms. The summed E-state index contributed by atoms with van der Waals surface area (Å²) in [5.41, 5.74) is 15.9. The van der Waals surface area contributed by atoms with Crippen LogP contribution in [0.1, 0.15) is 0 Å². The Labute approximate surface area is 321 Å². The van der Waals surface area contributed by atoms with Crippen LogP contribution in [0.3, 0.4) is 0 Å². The molecule has 0 aliphatic heterocycles. The zero-order chi connectivity index (χ0) is 36.6. The number of nitrogens with zero attached hydrogens (tertiary/aromatic N) is 2. The lowest BCUT2D eigenvalue weighted by atomic mass is 9.80. The molecule has 10 rings (SSSR count). The molecule has 0 aliphatic rings. The summed E-state index contributed by atoms with van der Waals surface area (Å²) in [4.78, 5) is 5.56. The third kappa shape index (κ3) is 5.72. The van der Waals surface area contributed by atoms with Crippen molar-refractivity contribution >= 4 is 21.8 Å². The van der Waals surface area contributed by atoms with Gasteiger partial charge in [0.15, 0.2) is 0 Å². The van der Waals surface area contributed by atoms with Gasteiger partial charge in [-0.05, 0) is 57.1 Å². The molecule has 0 aliphatic carbocycles. The summed E-state index contributed by atoms with van der Waals surface area (Å²) < 4.78 is 2.43. The number of para-hydroxylation sites is 1. The highest BCUT2D eigenvalue weighted by atomic mass is 15.1. The minimum atomic E-state index is 0.870. The highest BCUT2D eigenvalue weighted by molar-refractivity contribution is 6.26. The van der Waals surface area contributed by atoms with Gasteiger partial charge in [-0.3, -0.25) is 4.57 Å². The van der Waals surface area contributed by atoms with Gasteiger partial charge < -0.3 is 0 Å². The number of rotatable bonds is 7. The maximum atomic E-state index is 5.56. The van der Waals surface area contributed by atoms with Crippen LogP contribution in [0.15, 0.2) is 218 Å². The van der Waals surface area contributed by atoms with Crippen LogP contribution in [0.25, 0.3) is 94.5 Å². The van der Waals surface area contributed by atoms with E-state index in [1.54, 1.807) is 0 Å². The number of fused-ring (bicyclic) bond motifs is 3. The molecule has 0 bridgehead atoms. The lowest BCUT2D eigenvalue weighted by Gasteiger charge is -2.24. The molecule has 2 aromatic heterocycles. The van der Waals surface area contributed by atoms with Gasteiger partial charge in [0, 0.05) is 33.0 Å². The van der Waals surface area contributed by atoms with Crippen molar-refractivity contribution < 1.29 is 0 Å². The maximum absolute atomic E-state index is 5.56. The van der Waals surface area contributed by atoms with Crippen molar-refractivity contribution in [2.45, 2.75) is 0 Å². The highest BCUT2D eigenvalue weighted by Crippen LogP contribution is 2.53. The maximum Gasteiger partial charge on any atom is 0.138 e. The molecule has 0 unspecified atom stereocenters. The molecule has 0 amide bonds. The molecule has 0 N–H and O–H groups in total. The number of aromatic nitrogens is 2. The second-order valence-electron chi connectivity index (χ2n) is 13.9. The van der Waals surface area contributed by atoms with E-state index in [0.717, 1.165) is 50.4 Å². The Morgan fingerprint density at radius 2 is 0.709 bits per heavy atom. The average Bonchev–Trinajstić information content (AvgIpc) is 3.62. The predicted octanol–water partition coefficient (Wildman–Crippen LogP) is 14.2. The monoisotopic (exact) mass is 700 g/mol. The summed E-state index contributed by atoms with van der Waals surface area (Å²) in [6, 6.07) is 78.2. The molecule has 8 aromatic carbocycles. The molecule has 2 nitrogen and oxygen atoms in total. The quantitative estimate of drug-likeness (QED) is 0.162. The molecular formula is C53H36N2. The van der Waals surface area contributed by atoms with E-state index in [4.69, 9.17) is 4.98 Å². The number of benzene rings is 8. The zero-order valence-corrected chi connectivity index (χ0v) is 30.2. The lowest BCUT2D eigenvalue weighted by Crippen LogP contribution is -2.03. The first-order chi connectivity index (χ1) is 27.3. The summed E-state index contributed by atoms with van der Waals surface area (Å²) in [5, 5.41) is 2.38. The van der Waals surface area contributed by atoms with E-state index in [1.807, 2.05) is 0 Å². The Kier molecular flexibility index (Phi) is 8.20. The number of pyridine rings is 1. The zero-order valence-electron chi connectivity index (χ0n) is 30.2. The van der Waals surface area contributed by atoms with Crippen LogP contribution in [0.2, 0.25) is 0 Å². The predicted molar refractivity (Wildman–Crippen MR) is 231 cm³/mol. The van der Waals surface area contributed by atoms with Gasteiger partial charge in [-0.1, -0.05) is 200 Å². The fourth-order valence-electron chi connectivity index (χ4n) is 8.21. The van der Waals surface area contributed by atoms with Crippen molar-refractivity contribution in [3.05, 3.63) is 218 Å². The molecule has 0 radical (unpaired) electrons. The number of hydrogen-bond donors (Lipinski definition) is 0. The van der Waals surface area contributed by atoms with Crippen LogP contribution in [-0.2, 0) is 0 Å². The standard InChI is InChI=1S/C53H36N2/c1-7-21-37(22-8-1)43-35-45(38-23-9-2-10-24-38)54-47(36-43)55-46-34-20-19-33-44(46)52-50(41-29-15-5-16-30-41)48(39-25-11-3-12-26-39)49(40-27-13-4-14-28-40)51(53(52)55)42-31-17-6-18-32-42/h1-36H. The molecule has 0 saturated heterocycles. The Hall–Kier alpha value is -7.29. The van der Waals surface area contributed by atoms with Crippen molar-refractivity contribution in [1.29, 1.82) is 0 Å². The average molecular weight is 701 g/mol. The van der Waals surface area contributed by atoms with E-state index in [9.17, 15) is 0 Å². The Morgan fingerprint density at radius 1 is 0.309 bits per heavy atom. The summed E-state index contributed by atoms with van der Waals surface area (Å²) in [5.74, 6) is 0.870. The van der Waals surface area contributed by atoms with Gasteiger partial charge >= 0.3 is 0 Å². The molecule has 0 atom stereocenters. The SMILES string of the molecule is c1ccc(-c2cc(-c3ccccc3)nc(-n3c4ccccc4c4c(-c5ccccc5)c(-c5ccccc5)c(-c5ccccc5)c(-c5ccccc5)c43)c2)cc1. The third-order valence-corrected chi connectivity index (χ3v) is 10.6. The van der Waals surface area contributed by atoms with Crippen LogP contribution in [0, 0.1) is 0 Å². The molecular weight excluding hydrogens is 665 g/mol. The second-order valence-corrected chi connectivity index (χ2v) is 13.9. The Balaban J connectivity index is 1.47. The van der Waals surface area contributed by atoms with Gasteiger partial charge in [-0.25, -0.2) is 4.98 Å². The summed E-state index contributed by atoms with van der Waals surface area (Å²) in [6.07, 6.45) is 0. The van der Waals surface area contributed by atoms with Gasteiger partial charge in [0.25, 0.3) is 0 Å². The van der Waals surface area contributed by atoms with Gasteiger partial charge in [-0.15, -0.1) is 0 Å². The first-order valence-electron chi connectivity index (χ1n) is 18.8. The van der Waals surface area contributed by atoms with E-state index in [0.29, 0.717) is 0 Å². The topological polar surface area (TPSA) is 17.8 Å². The summed E-state index contributed by atoms with van der Waals surface area (Å²) in [6.45, 7) is 0. The van der Waals surface area contributed by atoms with E-state index < -0.39 is 0 Å². The molecule has 0 saturated carbocycles. The Morgan fingerprint density at radius 3 is 1.24 bits per heavy atom. The fraction of sp³-hybridized carbons (Fsp3) is 0. The van der Waals surface area contributed by atoms with Crippen molar-refractivity contribution in [1.82, 2.24) is 9.55 Å². The van der Waals surface area contributed by atoms with E-state index >= 15 is 0 Å². The van der Waals surface area contributed by atoms with Crippen molar-refractivity contribution in [3.8, 4) is 72.7 Å². The van der Waals surface area contributed by atoms with Crippen LogP contribution in [0.4, 0.5) is 0 Å². The van der Waals surface area contributed by atoms with Crippen molar-refractivity contribution in [3.63, 3.8) is 0 Å². The molecule has 0 spiro atoms. The van der Waals surface area contributed by atoms with Gasteiger partial charge in [-0.2, -0.15) is 0 Å². The third-order valence-electron chi connectivity index (χ3n) is 10.6. The molecule has 258 valence electrons. The van der Waals surface area contributed by atoms with Crippen molar-refractivity contribution in [2.24, 2.45) is 0 Å². The van der Waals surface area contributed by atoms with E-state index in [-0.39, 0.29) is 0 Å². The van der Waals surface area contributed by atoms with Gasteiger partial charge in [0.05, 0.1) is 16.7 Å². The minimum Gasteiger partial charge on any atom is -0.293 e. The largest absolute Gasteiger partial charge is 0.293 e. The summed E-state index contributed by atoms with van der Waals surface area (Å²) in [7, 11) is 0. The number of hydrogen-bond acceptors (Lipinski definition) is 1. The van der Waals surface area contributed by atoms with Crippen LogP contribution < -0.4 is 0 Å². The smallest absolute Gasteiger partial charge is 0.138 e. The highest BCUT2D eigenvalue weighted by Gasteiger charge is 2.29. The first-order valence-corrected chi connectivity index (χ1v) is 18.8. The molecule has 0 fully saturated rings.